The third-order valence-electron chi connectivity index (χ3n) is 1.35. The van der Waals surface area contributed by atoms with Crippen LogP contribution in [0.3, 0.4) is 0 Å². The maximum absolute atomic E-state index is 5.68. The molecule has 0 aliphatic rings. The first-order chi connectivity index (χ1) is 5.29. The van der Waals surface area contributed by atoms with Crippen molar-refractivity contribution in [1.82, 2.24) is 15.0 Å². The van der Waals surface area contributed by atoms with Crippen LogP contribution in [-0.4, -0.2) is 15.0 Å². The van der Waals surface area contributed by atoms with Crippen LogP contribution < -0.4 is 0 Å². The van der Waals surface area contributed by atoms with E-state index in [4.69, 9.17) is 11.6 Å². The molecule has 0 aliphatic carbocycles. The highest BCUT2D eigenvalue weighted by Gasteiger charge is 2.07. The lowest BCUT2D eigenvalue weighted by atomic mass is 10.4. The van der Waals surface area contributed by atoms with Gasteiger partial charge < -0.3 is 0 Å². The summed E-state index contributed by atoms with van der Waals surface area (Å²) in [5, 5.41) is 7.76. The molecule has 1 heterocycles. The Morgan fingerprint density at radius 3 is 2.91 bits per heavy atom. The Hall–Kier alpha value is -0.0900. The summed E-state index contributed by atoms with van der Waals surface area (Å²) in [6.45, 7) is 2.97. The van der Waals surface area contributed by atoms with Crippen LogP contribution in [0.2, 0.25) is 0 Å². The first-order valence-electron chi connectivity index (χ1n) is 3.43. The van der Waals surface area contributed by atoms with Crippen LogP contribution in [0.1, 0.15) is 19.0 Å². The van der Waals surface area contributed by atoms with Crippen LogP contribution in [-0.2, 0) is 12.4 Å². The van der Waals surface area contributed by atoms with Crippen LogP contribution in [0.25, 0.3) is 0 Å². The predicted octanol–water partition coefficient (Wildman–Crippen LogP) is 2.19. The summed E-state index contributed by atoms with van der Waals surface area (Å²) >= 11 is 8.95. The van der Waals surface area contributed by atoms with Crippen molar-refractivity contribution in [3.05, 3.63) is 10.3 Å². The Balaban J connectivity index is 2.86. The van der Waals surface area contributed by atoms with E-state index in [1.165, 1.54) is 0 Å². The molecule has 62 valence electrons. The van der Waals surface area contributed by atoms with Crippen LogP contribution in [0.5, 0.6) is 0 Å². The van der Waals surface area contributed by atoms with E-state index in [-0.39, 0.29) is 0 Å². The molecule has 1 rings (SSSR count). The lowest BCUT2D eigenvalue weighted by Crippen LogP contribution is -2.02. The molecule has 3 nitrogen and oxygen atoms in total. The topological polar surface area (TPSA) is 30.7 Å². The summed E-state index contributed by atoms with van der Waals surface area (Å²) in [5.74, 6) is 0.452. The third-order valence-corrected chi connectivity index (χ3v) is 2.22. The van der Waals surface area contributed by atoms with Gasteiger partial charge in [-0.3, -0.25) is 0 Å². The zero-order valence-corrected chi connectivity index (χ0v) is 8.56. The van der Waals surface area contributed by atoms with Crippen molar-refractivity contribution < 1.29 is 0 Å². The van der Waals surface area contributed by atoms with E-state index in [2.05, 4.69) is 33.2 Å². The summed E-state index contributed by atoms with van der Waals surface area (Å²) in [6, 6.07) is 0. The van der Waals surface area contributed by atoms with Gasteiger partial charge in [-0.2, -0.15) is 0 Å². The second-order valence-corrected chi connectivity index (χ2v) is 3.20. The van der Waals surface area contributed by atoms with E-state index in [1.807, 2.05) is 4.68 Å². The monoisotopic (exact) mass is 237 g/mol. The van der Waals surface area contributed by atoms with E-state index < -0.39 is 0 Å². The quantitative estimate of drug-likeness (QED) is 0.756. The van der Waals surface area contributed by atoms with Gasteiger partial charge in [-0.05, 0) is 22.4 Å². The minimum atomic E-state index is 0.452. The largest absolute Gasteiger partial charge is 0.247 e. The van der Waals surface area contributed by atoms with Gasteiger partial charge in [0.2, 0.25) is 0 Å². The first-order valence-corrected chi connectivity index (χ1v) is 4.76. The Morgan fingerprint density at radius 2 is 2.36 bits per heavy atom. The maximum atomic E-state index is 5.68. The van der Waals surface area contributed by atoms with E-state index >= 15 is 0 Å². The molecule has 0 aliphatic heterocycles. The van der Waals surface area contributed by atoms with E-state index in [0.29, 0.717) is 5.88 Å². The summed E-state index contributed by atoms with van der Waals surface area (Å²) in [7, 11) is 0. The van der Waals surface area contributed by atoms with Crippen molar-refractivity contribution >= 4 is 27.5 Å². The molecule has 0 fully saturated rings. The second-order valence-electron chi connectivity index (χ2n) is 2.18. The number of hydrogen-bond acceptors (Lipinski definition) is 2. The molecule has 0 aromatic carbocycles. The van der Waals surface area contributed by atoms with E-state index in [9.17, 15) is 0 Å². The number of aromatic nitrogens is 3. The molecule has 0 spiro atoms. The molecule has 0 unspecified atom stereocenters. The van der Waals surface area contributed by atoms with Gasteiger partial charge in [0.1, 0.15) is 0 Å². The number of hydrogen-bond donors (Lipinski definition) is 0. The van der Waals surface area contributed by atoms with Crippen LogP contribution in [0.15, 0.2) is 4.60 Å². The first kappa shape index (κ1) is 9.00. The number of aryl methyl sites for hydroxylation is 1. The van der Waals surface area contributed by atoms with Crippen molar-refractivity contribution in [3.8, 4) is 0 Å². The van der Waals surface area contributed by atoms with Gasteiger partial charge in [-0.25, -0.2) is 4.68 Å². The summed E-state index contributed by atoms with van der Waals surface area (Å²) in [6.07, 6.45) is 1.04. The second kappa shape index (κ2) is 4.07. The fourth-order valence-electron chi connectivity index (χ4n) is 0.827. The number of nitrogens with zero attached hydrogens (tertiary/aromatic N) is 3. The average Bonchev–Trinajstić information content (AvgIpc) is 2.33. The minimum absolute atomic E-state index is 0.452. The normalized spacial score (nSPS) is 10.5. The number of halogens is 2. The summed E-state index contributed by atoms with van der Waals surface area (Å²) in [5.41, 5.74) is 0.952. The third kappa shape index (κ3) is 1.93. The molecule has 0 saturated carbocycles. The minimum Gasteiger partial charge on any atom is -0.247 e. The highest BCUT2D eigenvalue weighted by atomic mass is 79.9. The highest BCUT2D eigenvalue weighted by Crippen LogP contribution is 2.14. The Labute approximate surface area is 78.9 Å². The molecule has 11 heavy (non-hydrogen) atoms. The van der Waals surface area contributed by atoms with Gasteiger partial charge in [0.25, 0.3) is 0 Å². The van der Waals surface area contributed by atoms with Crippen molar-refractivity contribution in [2.24, 2.45) is 0 Å². The molecule has 1 aromatic heterocycles. The molecular weight excluding hydrogens is 229 g/mol. The predicted molar refractivity (Wildman–Crippen MR) is 47.6 cm³/mol. The standard InChI is InChI=1S/C6H9BrClN3/c1-2-3-11-5(4-8)6(7)9-10-11/h2-4H2,1H3. The molecule has 5 heteroatoms. The zero-order valence-electron chi connectivity index (χ0n) is 6.22. The van der Waals surface area contributed by atoms with Crippen LogP contribution >= 0.6 is 27.5 Å². The van der Waals surface area contributed by atoms with Crippen molar-refractivity contribution in [2.75, 3.05) is 0 Å². The molecular formula is C6H9BrClN3. The van der Waals surface area contributed by atoms with E-state index in [1.54, 1.807) is 0 Å². The van der Waals surface area contributed by atoms with Crippen molar-refractivity contribution in [3.63, 3.8) is 0 Å². The average molecular weight is 239 g/mol. The molecule has 0 saturated heterocycles. The Bertz CT molecular complexity index is 236. The lowest BCUT2D eigenvalue weighted by Gasteiger charge is -1.99. The van der Waals surface area contributed by atoms with Crippen molar-refractivity contribution in [1.29, 1.82) is 0 Å². The van der Waals surface area contributed by atoms with Gasteiger partial charge in [0.15, 0.2) is 4.60 Å². The maximum Gasteiger partial charge on any atom is 0.152 e. The van der Waals surface area contributed by atoms with Gasteiger partial charge in [0, 0.05) is 6.54 Å². The molecule has 0 bridgehead atoms. The number of alkyl halides is 1. The molecule has 0 amide bonds. The zero-order chi connectivity index (χ0) is 8.27. The number of rotatable bonds is 3. The molecule has 0 N–H and O–H groups in total. The van der Waals surface area contributed by atoms with Gasteiger partial charge in [0.05, 0.1) is 11.6 Å². The van der Waals surface area contributed by atoms with E-state index in [0.717, 1.165) is 23.3 Å². The lowest BCUT2D eigenvalue weighted by molar-refractivity contribution is 0.564. The Kier molecular flexibility index (Phi) is 3.33. The fourth-order valence-corrected chi connectivity index (χ4v) is 1.67. The highest BCUT2D eigenvalue weighted by molar-refractivity contribution is 9.10. The van der Waals surface area contributed by atoms with Crippen LogP contribution in [0, 0.1) is 0 Å². The molecule has 0 atom stereocenters. The van der Waals surface area contributed by atoms with Crippen molar-refractivity contribution in [2.45, 2.75) is 25.8 Å². The molecule has 1 aromatic rings. The van der Waals surface area contributed by atoms with Gasteiger partial charge in [-0.15, -0.1) is 16.7 Å². The van der Waals surface area contributed by atoms with Crippen LogP contribution in [0.4, 0.5) is 0 Å². The molecule has 0 radical (unpaired) electrons. The fraction of sp³-hybridized carbons (Fsp3) is 0.667. The summed E-state index contributed by atoms with van der Waals surface area (Å²) < 4.78 is 2.57. The van der Waals surface area contributed by atoms with Gasteiger partial charge in [-0.1, -0.05) is 12.1 Å². The Morgan fingerprint density at radius 1 is 1.64 bits per heavy atom. The SMILES string of the molecule is CCCn1nnc(Br)c1CCl. The summed E-state index contributed by atoms with van der Waals surface area (Å²) in [4.78, 5) is 0. The van der Waals surface area contributed by atoms with Gasteiger partial charge >= 0.3 is 0 Å². The smallest absolute Gasteiger partial charge is 0.152 e.